The summed E-state index contributed by atoms with van der Waals surface area (Å²) in [6.45, 7) is 1.98. The number of aliphatic hydroxyl groups excluding tert-OH is 3. The number of ether oxygens (including phenoxy) is 2. The lowest BCUT2D eigenvalue weighted by Crippen LogP contribution is -2.42. The van der Waals surface area contributed by atoms with Crippen LogP contribution in [0.4, 0.5) is 0 Å². The Balaban J connectivity index is 2.08. The molecule has 0 amide bonds. The van der Waals surface area contributed by atoms with Gasteiger partial charge in [-0.25, -0.2) is 0 Å². The van der Waals surface area contributed by atoms with E-state index in [1.807, 2.05) is 0 Å². The molecule has 24 heavy (non-hydrogen) atoms. The molecule has 1 aliphatic heterocycles. The molecule has 0 saturated carbocycles. The molecule has 1 fully saturated rings. The summed E-state index contributed by atoms with van der Waals surface area (Å²) >= 11 is 5.22. The average Bonchev–Trinajstić information content (AvgIpc) is 2.90. The van der Waals surface area contributed by atoms with Crippen LogP contribution in [-0.2, 0) is 9.47 Å². The zero-order valence-corrected chi connectivity index (χ0v) is 15.7. The minimum atomic E-state index is -1.04. The molecular weight excluding hydrogens is 328 g/mol. The van der Waals surface area contributed by atoms with Crippen molar-refractivity contribution < 1.29 is 24.8 Å². The molecule has 1 rings (SSSR count). The van der Waals surface area contributed by atoms with Crippen molar-refractivity contribution in [1.29, 1.82) is 0 Å². The zero-order valence-electron chi connectivity index (χ0n) is 14.9. The second-order valence-corrected chi connectivity index (χ2v) is 7.10. The SMILES string of the molecule is CCCCCCCCCCCC(=S)O[C@@H](CO)[C@H]1OC[C@@H](O)[C@H]1O. The van der Waals surface area contributed by atoms with Gasteiger partial charge in [-0.1, -0.05) is 58.3 Å². The monoisotopic (exact) mass is 362 g/mol. The number of hydrogen-bond donors (Lipinski definition) is 3. The zero-order chi connectivity index (χ0) is 17.8. The third-order valence-corrected chi connectivity index (χ3v) is 4.80. The Labute approximate surface area is 151 Å². The van der Waals surface area contributed by atoms with Gasteiger partial charge < -0.3 is 24.8 Å². The molecule has 0 aliphatic carbocycles. The summed E-state index contributed by atoms with van der Waals surface area (Å²) in [6.07, 6.45) is 8.47. The van der Waals surface area contributed by atoms with Crippen molar-refractivity contribution in [3.63, 3.8) is 0 Å². The highest BCUT2D eigenvalue weighted by molar-refractivity contribution is 7.80. The second-order valence-electron chi connectivity index (χ2n) is 6.65. The fraction of sp³-hybridized carbons (Fsp3) is 0.944. The van der Waals surface area contributed by atoms with Gasteiger partial charge in [0.25, 0.3) is 0 Å². The molecule has 3 N–H and O–H groups in total. The van der Waals surface area contributed by atoms with Crippen LogP contribution in [0.2, 0.25) is 0 Å². The third kappa shape index (κ3) is 8.21. The predicted octanol–water partition coefficient (Wildman–Crippen LogP) is 2.73. The van der Waals surface area contributed by atoms with Gasteiger partial charge in [0.15, 0.2) is 11.2 Å². The highest BCUT2D eigenvalue weighted by atomic mass is 32.1. The molecule has 0 unspecified atom stereocenters. The van der Waals surface area contributed by atoms with Gasteiger partial charge in [0, 0.05) is 6.42 Å². The quantitative estimate of drug-likeness (QED) is 0.345. The van der Waals surface area contributed by atoms with Crippen LogP contribution in [0.3, 0.4) is 0 Å². The van der Waals surface area contributed by atoms with Crippen molar-refractivity contribution in [1.82, 2.24) is 0 Å². The molecule has 5 nitrogen and oxygen atoms in total. The van der Waals surface area contributed by atoms with Gasteiger partial charge >= 0.3 is 0 Å². The van der Waals surface area contributed by atoms with Gasteiger partial charge in [-0.05, 0) is 18.6 Å². The molecule has 0 aromatic rings. The summed E-state index contributed by atoms with van der Waals surface area (Å²) in [7, 11) is 0. The molecule has 1 heterocycles. The van der Waals surface area contributed by atoms with Crippen LogP contribution >= 0.6 is 12.2 Å². The van der Waals surface area contributed by atoms with E-state index in [1.54, 1.807) is 0 Å². The Morgan fingerprint density at radius 2 is 1.67 bits per heavy atom. The molecule has 4 atom stereocenters. The van der Waals surface area contributed by atoms with Crippen LogP contribution < -0.4 is 0 Å². The van der Waals surface area contributed by atoms with Gasteiger partial charge in [0.1, 0.15) is 18.3 Å². The van der Waals surface area contributed by atoms with E-state index in [-0.39, 0.29) is 13.2 Å². The molecular formula is C18H34O5S. The van der Waals surface area contributed by atoms with E-state index in [9.17, 15) is 15.3 Å². The van der Waals surface area contributed by atoms with Crippen LogP contribution in [0, 0.1) is 0 Å². The summed E-state index contributed by atoms with van der Waals surface area (Å²) in [5.74, 6) is 0. The lowest BCUT2D eigenvalue weighted by molar-refractivity contribution is -0.0621. The van der Waals surface area contributed by atoms with E-state index in [0.717, 1.165) is 12.8 Å². The largest absolute Gasteiger partial charge is 0.479 e. The summed E-state index contributed by atoms with van der Waals surface area (Å²) in [5, 5.41) is 29.2. The van der Waals surface area contributed by atoms with Gasteiger partial charge in [0.2, 0.25) is 0 Å². The fourth-order valence-electron chi connectivity index (χ4n) is 2.97. The normalized spacial score (nSPS) is 24.9. The summed E-state index contributed by atoms with van der Waals surface area (Å²) in [6, 6.07) is 0. The minimum Gasteiger partial charge on any atom is -0.479 e. The highest BCUT2D eigenvalue weighted by Gasteiger charge is 2.41. The molecule has 0 radical (unpaired) electrons. The number of hydrogen-bond acceptors (Lipinski definition) is 6. The Hall–Kier alpha value is -0.270. The lowest BCUT2D eigenvalue weighted by Gasteiger charge is -2.25. The van der Waals surface area contributed by atoms with Crippen LogP contribution in [0.25, 0.3) is 0 Å². The van der Waals surface area contributed by atoms with E-state index in [4.69, 9.17) is 21.7 Å². The number of thiocarbonyl (C=S) groups is 1. The first-order chi connectivity index (χ1) is 11.6. The second kappa shape index (κ2) is 13.0. The van der Waals surface area contributed by atoms with Crippen LogP contribution in [0.15, 0.2) is 0 Å². The first-order valence-electron chi connectivity index (χ1n) is 9.38. The van der Waals surface area contributed by atoms with E-state index < -0.39 is 24.4 Å². The number of aliphatic hydroxyl groups is 3. The summed E-state index contributed by atoms with van der Waals surface area (Å²) in [4.78, 5) is 0. The lowest BCUT2D eigenvalue weighted by atomic mass is 10.1. The van der Waals surface area contributed by atoms with E-state index in [0.29, 0.717) is 11.5 Å². The van der Waals surface area contributed by atoms with Gasteiger partial charge in [-0.2, -0.15) is 0 Å². The predicted molar refractivity (Wildman–Crippen MR) is 98.2 cm³/mol. The molecule has 0 aromatic heterocycles. The summed E-state index contributed by atoms with van der Waals surface area (Å²) < 4.78 is 10.8. The third-order valence-electron chi connectivity index (χ3n) is 4.50. The van der Waals surface area contributed by atoms with E-state index in [1.165, 1.54) is 44.9 Å². The highest BCUT2D eigenvalue weighted by Crippen LogP contribution is 2.20. The van der Waals surface area contributed by atoms with Crippen molar-refractivity contribution in [2.24, 2.45) is 0 Å². The van der Waals surface area contributed by atoms with Crippen LogP contribution in [0.1, 0.15) is 71.1 Å². The van der Waals surface area contributed by atoms with E-state index in [2.05, 4.69) is 6.92 Å². The minimum absolute atomic E-state index is 0.0523. The smallest absolute Gasteiger partial charge is 0.160 e. The number of unbranched alkanes of at least 4 members (excludes halogenated alkanes) is 8. The maximum Gasteiger partial charge on any atom is 0.160 e. The Bertz CT molecular complexity index is 339. The van der Waals surface area contributed by atoms with Crippen molar-refractivity contribution >= 4 is 17.3 Å². The van der Waals surface area contributed by atoms with Gasteiger partial charge in [-0.3, -0.25) is 0 Å². The maximum absolute atomic E-state index is 9.81. The topological polar surface area (TPSA) is 79.2 Å². The summed E-state index contributed by atoms with van der Waals surface area (Å²) in [5.41, 5.74) is 0. The Kier molecular flexibility index (Phi) is 11.8. The van der Waals surface area contributed by atoms with Crippen molar-refractivity contribution in [2.75, 3.05) is 13.2 Å². The molecule has 0 aromatic carbocycles. The molecule has 142 valence electrons. The van der Waals surface area contributed by atoms with Crippen LogP contribution in [0.5, 0.6) is 0 Å². The first-order valence-corrected chi connectivity index (χ1v) is 9.79. The molecule has 0 spiro atoms. The standard InChI is InChI=1S/C18H34O5S/c1-2-3-4-5-6-7-8-9-10-11-16(24)23-15(12-19)18-17(21)14(20)13-22-18/h14-15,17-21H,2-13H2,1H3/t14-,15+,17-,18-/m1/s1. The Morgan fingerprint density at radius 1 is 1.08 bits per heavy atom. The van der Waals surface area contributed by atoms with Crippen molar-refractivity contribution in [3.8, 4) is 0 Å². The van der Waals surface area contributed by atoms with Crippen LogP contribution in [-0.4, -0.2) is 58.0 Å². The molecule has 6 heteroatoms. The molecule has 1 aliphatic rings. The first kappa shape index (κ1) is 21.8. The average molecular weight is 363 g/mol. The molecule has 0 bridgehead atoms. The van der Waals surface area contributed by atoms with Gasteiger partial charge in [0.05, 0.1) is 13.2 Å². The Morgan fingerprint density at radius 3 is 2.17 bits per heavy atom. The van der Waals surface area contributed by atoms with Crippen molar-refractivity contribution in [3.05, 3.63) is 0 Å². The maximum atomic E-state index is 9.81. The van der Waals surface area contributed by atoms with Crippen molar-refractivity contribution in [2.45, 2.75) is 95.5 Å². The fourth-order valence-corrected chi connectivity index (χ4v) is 3.24. The van der Waals surface area contributed by atoms with E-state index >= 15 is 0 Å². The molecule has 1 saturated heterocycles. The number of rotatable bonds is 13. The van der Waals surface area contributed by atoms with Gasteiger partial charge in [-0.15, -0.1) is 0 Å².